The smallest absolute Gasteiger partial charge is 0.313 e. The highest BCUT2D eigenvalue weighted by Gasteiger charge is 2.44. The number of hydrazine groups is 1. The molecule has 1 fully saturated rings. The lowest BCUT2D eigenvalue weighted by molar-refractivity contribution is -0.133. The first kappa shape index (κ1) is 12.7. The summed E-state index contributed by atoms with van der Waals surface area (Å²) in [4.78, 5) is 10.3. The van der Waals surface area contributed by atoms with E-state index in [-0.39, 0.29) is 24.8 Å². The molecule has 1 saturated heterocycles. The van der Waals surface area contributed by atoms with Crippen LogP contribution in [0.1, 0.15) is 6.42 Å². The predicted molar refractivity (Wildman–Crippen MR) is 54.1 cm³/mol. The summed E-state index contributed by atoms with van der Waals surface area (Å²) in [5.74, 6) is -3.22. The highest BCUT2D eigenvalue weighted by molar-refractivity contribution is 7.99. The molecule has 2 N–H and O–H groups in total. The minimum Gasteiger partial charge on any atom is -0.481 e. The lowest BCUT2D eigenvalue weighted by atomic mass is 10.2. The average Bonchev–Trinajstić information content (AvgIpc) is 2.40. The van der Waals surface area contributed by atoms with Crippen molar-refractivity contribution in [2.75, 3.05) is 25.1 Å². The Morgan fingerprint density at radius 2 is 2.40 bits per heavy atom. The lowest BCUT2D eigenvalue weighted by Crippen LogP contribution is -2.41. The van der Waals surface area contributed by atoms with Gasteiger partial charge >= 0.3 is 5.97 Å². The molecule has 15 heavy (non-hydrogen) atoms. The fourth-order valence-corrected chi connectivity index (χ4v) is 2.45. The van der Waals surface area contributed by atoms with E-state index < -0.39 is 11.9 Å². The Kier molecular flexibility index (Phi) is 4.30. The number of alkyl halides is 2. The van der Waals surface area contributed by atoms with Crippen LogP contribution in [0.15, 0.2) is 0 Å². The number of aliphatic carboxylic acids is 1. The molecule has 1 unspecified atom stereocenters. The third-order valence-corrected chi connectivity index (χ3v) is 3.27. The van der Waals surface area contributed by atoms with Crippen molar-refractivity contribution in [2.45, 2.75) is 18.4 Å². The number of halogens is 2. The van der Waals surface area contributed by atoms with Crippen molar-refractivity contribution in [3.05, 3.63) is 0 Å². The largest absolute Gasteiger partial charge is 0.481 e. The Morgan fingerprint density at radius 1 is 1.73 bits per heavy atom. The van der Waals surface area contributed by atoms with Crippen molar-refractivity contribution in [3.63, 3.8) is 0 Å². The molecule has 0 bridgehead atoms. The maximum Gasteiger partial charge on any atom is 0.313 e. The van der Waals surface area contributed by atoms with Gasteiger partial charge in [0.25, 0.3) is 5.92 Å². The van der Waals surface area contributed by atoms with Gasteiger partial charge in [-0.25, -0.2) is 13.8 Å². The molecule has 1 aliphatic heterocycles. The van der Waals surface area contributed by atoms with E-state index in [4.69, 9.17) is 5.11 Å². The van der Waals surface area contributed by atoms with Gasteiger partial charge in [-0.15, -0.1) is 11.8 Å². The fourth-order valence-electron chi connectivity index (χ4n) is 1.59. The molecule has 0 radical (unpaired) electrons. The normalized spacial score (nSPS) is 25.7. The second-order valence-electron chi connectivity index (χ2n) is 3.47. The third kappa shape index (κ3) is 3.92. The van der Waals surface area contributed by atoms with Crippen LogP contribution in [0.5, 0.6) is 0 Å². The molecule has 88 valence electrons. The Balaban J connectivity index is 2.37. The van der Waals surface area contributed by atoms with E-state index in [1.807, 2.05) is 0 Å². The molecule has 0 aromatic heterocycles. The van der Waals surface area contributed by atoms with Gasteiger partial charge in [0.05, 0.1) is 12.3 Å². The van der Waals surface area contributed by atoms with Gasteiger partial charge in [-0.1, -0.05) is 0 Å². The van der Waals surface area contributed by atoms with E-state index in [0.717, 1.165) is 11.8 Å². The molecule has 1 aliphatic rings. The highest BCUT2D eigenvalue weighted by Crippen LogP contribution is 2.32. The van der Waals surface area contributed by atoms with Crippen LogP contribution >= 0.6 is 11.8 Å². The van der Waals surface area contributed by atoms with Gasteiger partial charge in [0, 0.05) is 18.2 Å². The number of carboxylic acids is 1. The summed E-state index contributed by atoms with van der Waals surface area (Å²) in [5.41, 5.74) is 2.70. The number of nitrogens with one attached hydrogen (secondary N) is 1. The monoisotopic (exact) mass is 240 g/mol. The molecule has 4 nitrogen and oxygen atoms in total. The topological polar surface area (TPSA) is 52.6 Å². The lowest BCUT2D eigenvalue weighted by Gasteiger charge is -2.21. The predicted octanol–water partition coefficient (Wildman–Crippen LogP) is 0.648. The number of carboxylic acid groups (broad SMARTS) is 1. The van der Waals surface area contributed by atoms with E-state index in [0.29, 0.717) is 5.75 Å². The van der Waals surface area contributed by atoms with Gasteiger partial charge in [0.15, 0.2) is 0 Å². The second kappa shape index (κ2) is 5.09. The van der Waals surface area contributed by atoms with Crippen molar-refractivity contribution >= 4 is 17.7 Å². The molecule has 0 saturated carbocycles. The summed E-state index contributed by atoms with van der Waals surface area (Å²) in [5, 5.41) is 9.88. The SMILES string of the molecule is CNN1CC(F)(F)CC1CSCC(=O)O. The third-order valence-electron chi connectivity index (χ3n) is 2.20. The minimum atomic E-state index is -2.67. The number of hydrogen-bond donors (Lipinski definition) is 2. The van der Waals surface area contributed by atoms with Crippen LogP contribution in [0.2, 0.25) is 0 Å². The van der Waals surface area contributed by atoms with Gasteiger partial charge in [-0.05, 0) is 7.05 Å². The Bertz CT molecular complexity index is 241. The number of hydrogen-bond acceptors (Lipinski definition) is 4. The molecule has 0 aromatic carbocycles. The Hall–Kier alpha value is -0.400. The zero-order chi connectivity index (χ0) is 11.5. The van der Waals surface area contributed by atoms with Gasteiger partial charge in [-0.3, -0.25) is 10.2 Å². The molecule has 0 amide bonds. The second-order valence-corrected chi connectivity index (χ2v) is 4.50. The summed E-state index contributed by atoms with van der Waals surface area (Å²) in [7, 11) is 1.59. The summed E-state index contributed by atoms with van der Waals surface area (Å²) in [6, 6.07) is -0.297. The summed E-state index contributed by atoms with van der Waals surface area (Å²) in [6.07, 6.45) is -0.208. The quantitative estimate of drug-likeness (QED) is 0.739. The summed E-state index contributed by atoms with van der Waals surface area (Å²) >= 11 is 1.16. The number of thioether (sulfide) groups is 1. The molecular formula is C8H14F2N2O2S. The van der Waals surface area contributed by atoms with Crippen LogP contribution in [0.3, 0.4) is 0 Å². The zero-order valence-electron chi connectivity index (χ0n) is 8.37. The maximum absolute atomic E-state index is 13.0. The van der Waals surface area contributed by atoms with Gasteiger partial charge in [0.2, 0.25) is 0 Å². The Morgan fingerprint density at radius 3 is 2.93 bits per heavy atom. The maximum atomic E-state index is 13.0. The summed E-state index contributed by atoms with van der Waals surface area (Å²) in [6.45, 7) is -0.304. The summed E-state index contributed by atoms with van der Waals surface area (Å²) < 4.78 is 26.0. The van der Waals surface area contributed by atoms with Crippen molar-refractivity contribution in [1.29, 1.82) is 0 Å². The number of nitrogens with zero attached hydrogens (tertiary/aromatic N) is 1. The molecule has 1 rings (SSSR count). The van der Waals surface area contributed by atoms with Gasteiger partial charge < -0.3 is 5.11 Å². The molecule has 0 spiro atoms. The molecule has 0 aromatic rings. The van der Waals surface area contributed by atoms with E-state index in [1.165, 1.54) is 5.01 Å². The standard InChI is InChI=1S/C8H14F2N2O2S/c1-11-12-5-8(9,10)2-6(12)3-15-4-7(13)14/h6,11H,2-5H2,1H3,(H,13,14). The van der Waals surface area contributed by atoms with Crippen molar-refractivity contribution < 1.29 is 18.7 Å². The van der Waals surface area contributed by atoms with E-state index in [2.05, 4.69) is 5.43 Å². The molecule has 1 atom stereocenters. The van der Waals surface area contributed by atoms with Crippen molar-refractivity contribution in [1.82, 2.24) is 10.4 Å². The van der Waals surface area contributed by atoms with E-state index in [1.54, 1.807) is 7.05 Å². The van der Waals surface area contributed by atoms with E-state index in [9.17, 15) is 13.6 Å². The van der Waals surface area contributed by atoms with Gasteiger partial charge in [-0.2, -0.15) is 0 Å². The van der Waals surface area contributed by atoms with Crippen LogP contribution in [0.25, 0.3) is 0 Å². The molecule has 0 aliphatic carbocycles. The minimum absolute atomic E-state index is 0.0420. The first-order chi connectivity index (χ1) is 6.94. The molecule has 7 heteroatoms. The highest BCUT2D eigenvalue weighted by atomic mass is 32.2. The van der Waals surface area contributed by atoms with Crippen LogP contribution in [0.4, 0.5) is 8.78 Å². The first-order valence-electron chi connectivity index (χ1n) is 4.56. The first-order valence-corrected chi connectivity index (χ1v) is 5.71. The van der Waals surface area contributed by atoms with Gasteiger partial charge in [0.1, 0.15) is 0 Å². The zero-order valence-corrected chi connectivity index (χ0v) is 9.19. The van der Waals surface area contributed by atoms with Crippen molar-refractivity contribution in [3.8, 4) is 0 Å². The van der Waals surface area contributed by atoms with Crippen LogP contribution < -0.4 is 5.43 Å². The molecule has 1 heterocycles. The fraction of sp³-hybridized carbons (Fsp3) is 0.875. The van der Waals surface area contributed by atoms with E-state index >= 15 is 0 Å². The van der Waals surface area contributed by atoms with Crippen molar-refractivity contribution in [2.24, 2.45) is 0 Å². The number of rotatable bonds is 5. The van der Waals surface area contributed by atoms with Crippen LogP contribution in [-0.2, 0) is 4.79 Å². The Labute approximate surface area is 91.0 Å². The number of carbonyl (C=O) groups is 1. The average molecular weight is 240 g/mol. The molecular weight excluding hydrogens is 226 g/mol. The van der Waals surface area contributed by atoms with Crippen LogP contribution in [0, 0.1) is 0 Å². The van der Waals surface area contributed by atoms with Crippen LogP contribution in [-0.4, -0.2) is 53.1 Å².